The summed E-state index contributed by atoms with van der Waals surface area (Å²) in [5.41, 5.74) is 3.45. The van der Waals surface area contributed by atoms with Crippen LogP contribution in [0.5, 0.6) is 0 Å². The van der Waals surface area contributed by atoms with Crippen LogP contribution in [0, 0.1) is 13.8 Å². The third-order valence-electron chi connectivity index (χ3n) is 4.22. The zero-order valence-electron chi connectivity index (χ0n) is 15.5. The molecule has 0 unspecified atom stereocenters. The summed E-state index contributed by atoms with van der Waals surface area (Å²) in [7, 11) is 0. The van der Waals surface area contributed by atoms with Crippen molar-refractivity contribution in [2.75, 3.05) is 0 Å². The van der Waals surface area contributed by atoms with Gasteiger partial charge in [0.1, 0.15) is 5.76 Å². The number of aromatic nitrogens is 4. The van der Waals surface area contributed by atoms with Gasteiger partial charge in [0.25, 0.3) is 11.7 Å². The second-order valence-corrected chi connectivity index (χ2v) is 7.30. The Bertz CT molecular complexity index is 1120. The van der Waals surface area contributed by atoms with Crippen LogP contribution in [0.25, 0.3) is 5.78 Å². The SMILES string of the molecule is Cc1cc(C)n2nc(SCc3ccccc3C(=O)NCc3ccco3)nc2n1. The fraction of sp³-hybridized carbons (Fsp3) is 0.200. The number of carbonyl (C=O) groups is 1. The van der Waals surface area contributed by atoms with Crippen molar-refractivity contribution >= 4 is 23.4 Å². The van der Waals surface area contributed by atoms with Gasteiger partial charge in [0, 0.05) is 22.7 Å². The van der Waals surface area contributed by atoms with E-state index in [4.69, 9.17) is 4.42 Å². The average Bonchev–Trinajstić information content (AvgIpc) is 3.34. The third-order valence-corrected chi connectivity index (χ3v) is 5.11. The molecule has 3 aromatic heterocycles. The molecule has 28 heavy (non-hydrogen) atoms. The van der Waals surface area contributed by atoms with Crippen LogP contribution in [-0.2, 0) is 12.3 Å². The van der Waals surface area contributed by atoms with Gasteiger partial charge in [-0.25, -0.2) is 9.50 Å². The van der Waals surface area contributed by atoms with Crippen LogP contribution >= 0.6 is 11.8 Å². The van der Waals surface area contributed by atoms with E-state index in [0.717, 1.165) is 17.0 Å². The Morgan fingerprint density at radius 3 is 2.86 bits per heavy atom. The van der Waals surface area contributed by atoms with Crippen molar-refractivity contribution in [3.63, 3.8) is 0 Å². The summed E-state index contributed by atoms with van der Waals surface area (Å²) in [4.78, 5) is 21.5. The van der Waals surface area contributed by atoms with Crippen LogP contribution in [-0.4, -0.2) is 25.5 Å². The highest BCUT2D eigenvalue weighted by atomic mass is 32.2. The number of hydrogen-bond donors (Lipinski definition) is 1. The number of amides is 1. The van der Waals surface area contributed by atoms with E-state index in [-0.39, 0.29) is 5.91 Å². The second-order valence-electron chi connectivity index (χ2n) is 6.35. The van der Waals surface area contributed by atoms with E-state index in [1.54, 1.807) is 16.8 Å². The largest absolute Gasteiger partial charge is 0.467 e. The number of aryl methyl sites for hydroxylation is 2. The molecule has 142 valence electrons. The number of hydrogen-bond acceptors (Lipinski definition) is 6. The molecule has 1 N–H and O–H groups in total. The Balaban J connectivity index is 1.48. The van der Waals surface area contributed by atoms with Gasteiger partial charge in [-0.1, -0.05) is 30.0 Å². The van der Waals surface area contributed by atoms with Crippen LogP contribution in [0.4, 0.5) is 0 Å². The molecule has 1 aromatic carbocycles. The minimum atomic E-state index is -0.135. The molecule has 0 aliphatic heterocycles. The van der Waals surface area contributed by atoms with Gasteiger partial charge in [0.2, 0.25) is 5.16 Å². The summed E-state index contributed by atoms with van der Waals surface area (Å²) in [5, 5.41) is 8.03. The zero-order chi connectivity index (χ0) is 19.5. The van der Waals surface area contributed by atoms with Crippen molar-refractivity contribution in [3.05, 3.63) is 77.0 Å². The predicted octanol–water partition coefficient (Wildman–Crippen LogP) is 3.56. The highest BCUT2D eigenvalue weighted by Crippen LogP contribution is 2.23. The lowest BCUT2D eigenvalue weighted by atomic mass is 10.1. The van der Waals surface area contributed by atoms with E-state index in [2.05, 4.69) is 20.4 Å². The van der Waals surface area contributed by atoms with Crippen LogP contribution in [0.1, 0.15) is 33.1 Å². The van der Waals surface area contributed by atoms with Gasteiger partial charge in [-0.3, -0.25) is 4.79 Å². The number of nitrogens with one attached hydrogen (secondary N) is 1. The van der Waals surface area contributed by atoms with E-state index in [1.807, 2.05) is 50.2 Å². The number of nitrogens with zero attached hydrogens (tertiary/aromatic N) is 4. The second kappa shape index (κ2) is 7.85. The molecule has 8 heteroatoms. The third kappa shape index (κ3) is 3.91. The summed E-state index contributed by atoms with van der Waals surface area (Å²) < 4.78 is 6.99. The summed E-state index contributed by atoms with van der Waals surface area (Å²) in [6.45, 7) is 4.27. The molecular weight excluding hydrogens is 374 g/mol. The first kappa shape index (κ1) is 18.2. The highest BCUT2D eigenvalue weighted by Gasteiger charge is 2.13. The van der Waals surface area contributed by atoms with Crippen LogP contribution in [0.3, 0.4) is 0 Å². The molecule has 0 aliphatic rings. The van der Waals surface area contributed by atoms with Crippen LogP contribution in [0.15, 0.2) is 58.3 Å². The van der Waals surface area contributed by atoms with Crippen molar-refractivity contribution in [1.82, 2.24) is 24.9 Å². The number of carbonyl (C=O) groups excluding carboxylic acids is 1. The molecule has 0 spiro atoms. The van der Waals surface area contributed by atoms with Gasteiger partial charge < -0.3 is 9.73 Å². The van der Waals surface area contributed by atoms with Crippen LogP contribution in [0.2, 0.25) is 0 Å². The lowest BCUT2D eigenvalue weighted by Gasteiger charge is -2.08. The van der Waals surface area contributed by atoms with Crippen molar-refractivity contribution < 1.29 is 9.21 Å². The smallest absolute Gasteiger partial charge is 0.253 e. The minimum Gasteiger partial charge on any atom is -0.467 e. The summed E-state index contributed by atoms with van der Waals surface area (Å²) in [5.74, 6) is 1.75. The van der Waals surface area contributed by atoms with Crippen LogP contribution < -0.4 is 5.32 Å². The first-order valence-corrected chi connectivity index (χ1v) is 9.81. The van der Waals surface area contributed by atoms with E-state index in [0.29, 0.717) is 34.6 Å². The summed E-state index contributed by atoms with van der Waals surface area (Å²) >= 11 is 1.48. The van der Waals surface area contributed by atoms with Crippen molar-refractivity contribution in [2.45, 2.75) is 31.3 Å². The van der Waals surface area contributed by atoms with Crippen molar-refractivity contribution in [2.24, 2.45) is 0 Å². The number of thioether (sulfide) groups is 1. The molecule has 0 saturated heterocycles. The first-order chi connectivity index (χ1) is 13.6. The molecule has 0 saturated carbocycles. The van der Waals surface area contributed by atoms with E-state index < -0.39 is 0 Å². The molecule has 0 aliphatic carbocycles. The minimum absolute atomic E-state index is 0.135. The molecule has 4 rings (SSSR count). The molecule has 0 radical (unpaired) electrons. The quantitative estimate of drug-likeness (QED) is 0.504. The Morgan fingerprint density at radius 2 is 2.04 bits per heavy atom. The monoisotopic (exact) mass is 393 g/mol. The number of rotatable bonds is 6. The normalized spacial score (nSPS) is 11.1. The Labute approximate surface area is 166 Å². The molecule has 1 amide bonds. The summed E-state index contributed by atoms with van der Waals surface area (Å²) in [6.07, 6.45) is 1.59. The lowest BCUT2D eigenvalue weighted by Crippen LogP contribution is -2.23. The number of furan rings is 1. The topological polar surface area (TPSA) is 85.3 Å². The average molecular weight is 393 g/mol. The predicted molar refractivity (Wildman–Crippen MR) is 106 cm³/mol. The first-order valence-electron chi connectivity index (χ1n) is 8.82. The van der Waals surface area contributed by atoms with Gasteiger partial charge in [0.05, 0.1) is 12.8 Å². The molecule has 3 heterocycles. The van der Waals surface area contributed by atoms with Gasteiger partial charge in [-0.2, -0.15) is 4.98 Å². The molecule has 0 fully saturated rings. The maximum Gasteiger partial charge on any atom is 0.253 e. The van der Waals surface area contributed by atoms with E-state index in [1.165, 1.54) is 11.8 Å². The standard InChI is InChI=1S/C20H19N5O2S/c1-13-10-14(2)25-19(22-13)23-20(24-25)28-12-15-6-3-4-8-17(15)18(26)21-11-16-7-5-9-27-16/h3-10H,11-12H2,1-2H3,(H,21,26). The molecule has 0 bridgehead atoms. The Kier molecular flexibility index (Phi) is 5.12. The maximum atomic E-state index is 12.6. The number of benzene rings is 1. The fourth-order valence-electron chi connectivity index (χ4n) is 2.89. The Hall–Kier alpha value is -3.13. The summed E-state index contributed by atoms with van der Waals surface area (Å²) in [6, 6.07) is 13.1. The number of fused-ring (bicyclic) bond motifs is 1. The van der Waals surface area contributed by atoms with E-state index >= 15 is 0 Å². The van der Waals surface area contributed by atoms with Gasteiger partial charge in [0.15, 0.2) is 0 Å². The Morgan fingerprint density at radius 1 is 1.18 bits per heavy atom. The van der Waals surface area contributed by atoms with Gasteiger partial charge >= 0.3 is 0 Å². The molecule has 0 atom stereocenters. The fourth-order valence-corrected chi connectivity index (χ4v) is 3.72. The molecule has 7 nitrogen and oxygen atoms in total. The van der Waals surface area contributed by atoms with Gasteiger partial charge in [-0.15, -0.1) is 5.10 Å². The highest BCUT2D eigenvalue weighted by molar-refractivity contribution is 7.98. The maximum absolute atomic E-state index is 12.6. The van der Waals surface area contributed by atoms with Crippen molar-refractivity contribution in [3.8, 4) is 0 Å². The van der Waals surface area contributed by atoms with E-state index in [9.17, 15) is 4.79 Å². The molecular formula is C20H19N5O2S. The van der Waals surface area contributed by atoms with Gasteiger partial charge in [-0.05, 0) is 43.7 Å². The molecule has 4 aromatic rings. The van der Waals surface area contributed by atoms with Crippen molar-refractivity contribution in [1.29, 1.82) is 0 Å². The lowest BCUT2D eigenvalue weighted by molar-refractivity contribution is 0.0947. The zero-order valence-corrected chi connectivity index (χ0v) is 16.4.